The molecule has 0 bridgehead atoms. The molecule has 0 rings (SSSR count). The Hall–Kier alpha value is 0.610. The van der Waals surface area contributed by atoms with Crippen molar-refractivity contribution in [3.05, 3.63) is 0 Å². The third-order valence-corrected chi connectivity index (χ3v) is 0.728. The summed E-state index contributed by atoms with van der Waals surface area (Å²) in [4.78, 5) is 0. The molecule has 0 aromatic carbocycles. The van der Waals surface area contributed by atoms with Crippen LogP contribution < -0.4 is 0 Å². The summed E-state index contributed by atoms with van der Waals surface area (Å²) in [5.74, 6) is 0. The summed E-state index contributed by atoms with van der Waals surface area (Å²) in [5, 5.41) is 0. The molecule has 0 heterocycles. The topological polar surface area (TPSA) is 0 Å². The number of hydrogen-bond donors (Lipinski definition) is 0. The zero-order valence-corrected chi connectivity index (χ0v) is 4.07. The molecule has 0 aromatic heterocycles. The molecule has 0 aliphatic heterocycles. The molecule has 0 nitrogen and oxygen atoms in total. The summed E-state index contributed by atoms with van der Waals surface area (Å²) in [7, 11) is 0. The van der Waals surface area contributed by atoms with Crippen LogP contribution >= 0.6 is 0 Å². The Morgan fingerprint density at radius 1 is 2.00 bits per heavy atom. The predicted molar refractivity (Wildman–Crippen MR) is 16.4 cm³/mol. The summed E-state index contributed by atoms with van der Waals surface area (Å²) in [6.45, 7) is 2.08. The Balaban J connectivity index is 2.30. The molecule has 0 amide bonds. The van der Waals surface area contributed by atoms with Crippen molar-refractivity contribution in [3.63, 3.8) is 0 Å². The summed E-state index contributed by atoms with van der Waals surface area (Å²) >= 11 is 3.14. The normalized spacial score (nSPS) is 6.75. The van der Waals surface area contributed by atoms with Crippen molar-refractivity contribution in [2.24, 2.45) is 0 Å². The van der Waals surface area contributed by atoms with Gasteiger partial charge in [-0.25, -0.2) is 0 Å². The Morgan fingerprint density at radius 2 is 2.25 bits per heavy atom. The Labute approximate surface area is 38.6 Å². The van der Waals surface area contributed by atoms with Gasteiger partial charge in [0.2, 0.25) is 0 Å². The van der Waals surface area contributed by atoms with Gasteiger partial charge in [-0.05, 0) is 0 Å². The van der Waals surface area contributed by atoms with Gasteiger partial charge in [0, 0.05) is 0 Å². The Morgan fingerprint density at radius 3 is 2.25 bits per heavy atom. The third kappa shape index (κ3) is 2.61. The van der Waals surface area contributed by atoms with E-state index in [-0.39, 0.29) is 0 Å². The molecule has 0 saturated carbocycles. The summed E-state index contributed by atoms with van der Waals surface area (Å²) in [5.41, 5.74) is 0. The second-order valence-electron chi connectivity index (χ2n) is 0.531. The van der Waals surface area contributed by atoms with Crippen LogP contribution in [-0.2, 0) is 20.6 Å². The van der Waals surface area contributed by atoms with E-state index in [1.165, 1.54) is 0 Å². The maximum absolute atomic E-state index is 3.14. The predicted octanol–water partition coefficient (Wildman–Crippen LogP) is 0.745. The molecular weight excluding hydrogens is 144 g/mol. The van der Waals surface area contributed by atoms with Gasteiger partial charge in [-0.15, -0.1) is 0 Å². The second kappa shape index (κ2) is 3.61. The fraction of sp³-hybridized carbons (Fsp3) is 0.667. The van der Waals surface area contributed by atoms with Gasteiger partial charge in [0.15, 0.2) is 0 Å². The van der Waals surface area contributed by atoms with Crippen molar-refractivity contribution in [2.45, 2.75) is 13.3 Å². The SMILES string of the molecule is CC[CH]=[Ag]. The summed E-state index contributed by atoms with van der Waals surface area (Å²) in [6, 6.07) is 0. The standard InChI is InChI=1S/C3H6.Ag/c1-3-2;/h1H,3H2,2H3;. The van der Waals surface area contributed by atoms with Crippen LogP contribution in [0.2, 0.25) is 0 Å². The molecule has 1 heteroatoms. The second-order valence-corrected chi connectivity index (χ2v) is 1.14. The monoisotopic (exact) mass is 149 g/mol. The molecule has 0 fully saturated rings. The Kier molecular flexibility index (Phi) is 4.16. The van der Waals surface area contributed by atoms with Crippen LogP contribution in [-0.4, -0.2) is 4.23 Å². The fourth-order valence-corrected chi connectivity index (χ4v) is 0. The third-order valence-electron chi connectivity index (χ3n) is 0.123. The van der Waals surface area contributed by atoms with Gasteiger partial charge in [0.25, 0.3) is 0 Å². The Bertz CT molecular complexity index is 17.2. The molecule has 0 aromatic rings. The van der Waals surface area contributed by atoms with Crippen molar-refractivity contribution in [3.8, 4) is 0 Å². The first kappa shape index (κ1) is 4.61. The van der Waals surface area contributed by atoms with Crippen molar-refractivity contribution in [1.82, 2.24) is 0 Å². The average molecular weight is 150 g/mol. The summed E-state index contributed by atoms with van der Waals surface area (Å²) < 4.78 is 1.94. The zero-order chi connectivity index (χ0) is 3.41. The molecule has 0 atom stereocenters. The van der Waals surface area contributed by atoms with Crippen LogP contribution in [0.3, 0.4) is 0 Å². The van der Waals surface area contributed by atoms with E-state index in [9.17, 15) is 0 Å². The van der Waals surface area contributed by atoms with Crippen molar-refractivity contribution >= 4 is 4.23 Å². The first-order valence-corrected chi connectivity index (χ1v) is 2.15. The van der Waals surface area contributed by atoms with Gasteiger partial charge in [0.1, 0.15) is 0 Å². The first-order valence-electron chi connectivity index (χ1n) is 1.29. The van der Waals surface area contributed by atoms with Crippen molar-refractivity contribution in [1.29, 1.82) is 0 Å². The van der Waals surface area contributed by atoms with E-state index in [0.717, 1.165) is 6.42 Å². The molecule has 0 N–H and O–H groups in total. The van der Waals surface area contributed by atoms with Crippen LogP contribution in [0.1, 0.15) is 13.3 Å². The van der Waals surface area contributed by atoms with Crippen LogP contribution in [0.5, 0.6) is 0 Å². The quantitative estimate of drug-likeness (QED) is 0.483. The maximum atomic E-state index is 3.14. The van der Waals surface area contributed by atoms with E-state index in [1.807, 2.05) is 4.23 Å². The molecule has 0 aliphatic rings. The molecule has 0 aliphatic carbocycles. The van der Waals surface area contributed by atoms with Gasteiger partial charge < -0.3 is 0 Å². The number of hydrogen-bond acceptors (Lipinski definition) is 0. The van der Waals surface area contributed by atoms with Gasteiger partial charge >= 0.3 is 38.2 Å². The van der Waals surface area contributed by atoms with Crippen LogP contribution in [0.25, 0.3) is 0 Å². The molecule has 0 radical (unpaired) electrons. The minimum atomic E-state index is 1.11. The van der Waals surface area contributed by atoms with Crippen LogP contribution in [0, 0.1) is 0 Å². The molecule has 0 unspecified atom stereocenters. The van der Waals surface area contributed by atoms with E-state index in [1.54, 1.807) is 0 Å². The van der Waals surface area contributed by atoms with E-state index in [4.69, 9.17) is 0 Å². The molecule has 4 heavy (non-hydrogen) atoms. The van der Waals surface area contributed by atoms with E-state index < -0.39 is 0 Å². The van der Waals surface area contributed by atoms with Gasteiger partial charge in [-0.3, -0.25) is 0 Å². The van der Waals surface area contributed by atoms with Crippen LogP contribution in [0.15, 0.2) is 0 Å². The molecule has 0 spiro atoms. The van der Waals surface area contributed by atoms with E-state index in [0.29, 0.717) is 0 Å². The van der Waals surface area contributed by atoms with Gasteiger partial charge in [0.05, 0.1) is 0 Å². The van der Waals surface area contributed by atoms with Gasteiger partial charge in [-0.1, -0.05) is 0 Å². The zero-order valence-electron chi connectivity index (χ0n) is 2.59. The minimum absolute atomic E-state index is 1.11. The molecular formula is C3H6Ag. The van der Waals surface area contributed by atoms with Crippen LogP contribution in [0.4, 0.5) is 0 Å². The number of rotatable bonds is 1. The molecule has 0 saturated heterocycles. The van der Waals surface area contributed by atoms with Gasteiger partial charge in [-0.2, -0.15) is 0 Å². The first-order chi connectivity index (χ1) is 1.91. The van der Waals surface area contributed by atoms with E-state index >= 15 is 0 Å². The fourth-order valence-electron chi connectivity index (χ4n) is 0. The van der Waals surface area contributed by atoms with Crippen molar-refractivity contribution < 1.29 is 20.6 Å². The molecule has 29 valence electrons. The van der Waals surface area contributed by atoms with Crippen molar-refractivity contribution in [2.75, 3.05) is 0 Å². The van der Waals surface area contributed by atoms with E-state index in [2.05, 4.69) is 27.5 Å². The average Bonchev–Trinajstić information content (AvgIpc) is 1.37. The summed E-state index contributed by atoms with van der Waals surface area (Å²) in [6.07, 6.45) is 1.11.